The minimum atomic E-state index is -0.247. The summed E-state index contributed by atoms with van der Waals surface area (Å²) < 4.78 is 8.84. The smallest absolute Gasteiger partial charge is 0.255 e. The SMILES string of the molecule is C=CN(N)c1cc(C(=O)Nc2cc(C(C)(C)C)cc(NSC)c2OC)ccc1C.CC.CN(C)CC(C)(C)CNC(=O)CN. The number of amides is 2. The van der Waals surface area contributed by atoms with E-state index in [1.165, 1.54) is 23.2 Å². The molecular formula is C33H57N7O3S. The van der Waals surface area contributed by atoms with Crippen molar-refractivity contribution < 1.29 is 14.3 Å². The molecule has 2 aromatic rings. The fourth-order valence-electron chi connectivity index (χ4n) is 4.20. The highest BCUT2D eigenvalue weighted by Gasteiger charge is 2.22. The predicted octanol–water partition coefficient (Wildman–Crippen LogP) is 5.74. The molecule has 11 heteroatoms. The number of carbonyl (C=O) groups is 2. The first-order chi connectivity index (χ1) is 20.5. The molecule has 0 aliphatic rings. The van der Waals surface area contributed by atoms with Crippen LogP contribution in [0.2, 0.25) is 0 Å². The second-order valence-electron chi connectivity index (χ2n) is 12.1. The Balaban J connectivity index is 0.00000104. The van der Waals surface area contributed by atoms with Crippen LogP contribution in [0, 0.1) is 12.3 Å². The van der Waals surface area contributed by atoms with E-state index in [1.807, 2.05) is 59.3 Å². The minimum absolute atomic E-state index is 0.0675. The molecule has 44 heavy (non-hydrogen) atoms. The van der Waals surface area contributed by atoms with Gasteiger partial charge in [0.2, 0.25) is 5.91 Å². The average Bonchev–Trinajstić information content (AvgIpc) is 2.96. The summed E-state index contributed by atoms with van der Waals surface area (Å²) in [5, 5.41) is 7.18. The Hall–Kier alpha value is -3.25. The number of nitrogens with zero attached hydrogens (tertiary/aromatic N) is 2. The molecular weight excluding hydrogens is 574 g/mol. The van der Waals surface area contributed by atoms with E-state index in [2.05, 4.69) is 61.5 Å². The average molecular weight is 632 g/mol. The second-order valence-corrected chi connectivity index (χ2v) is 12.7. The van der Waals surface area contributed by atoms with Gasteiger partial charge in [0, 0.05) is 31.1 Å². The molecule has 2 rings (SSSR count). The normalized spacial score (nSPS) is 10.9. The molecule has 2 amide bonds. The zero-order chi connectivity index (χ0) is 34.3. The third-order valence-electron chi connectivity index (χ3n) is 6.26. The van der Waals surface area contributed by atoms with Crippen LogP contribution >= 0.6 is 11.9 Å². The third-order valence-corrected chi connectivity index (χ3v) is 6.68. The highest BCUT2D eigenvalue weighted by atomic mass is 32.2. The molecule has 0 aliphatic heterocycles. The van der Waals surface area contributed by atoms with Crippen molar-refractivity contribution in [2.45, 2.75) is 60.8 Å². The highest BCUT2D eigenvalue weighted by Crippen LogP contribution is 2.39. The summed E-state index contributed by atoms with van der Waals surface area (Å²) in [6, 6.07) is 9.37. The van der Waals surface area contributed by atoms with Crippen LogP contribution in [0.1, 0.15) is 70.0 Å². The van der Waals surface area contributed by atoms with Gasteiger partial charge in [-0.1, -0.05) is 73.1 Å². The monoisotopic (exact) mass is 631 g/mol. The summed E-state index contributed by atoms with van der Waals surface area (Å²) in [7, 11) is 5.63. The lowest BCUT2D eigenvalue weighted by Crippen LogP contribution is -2.41. The minimum Gasteiger partial charge on any atom is -0.492 e. The van der Waals surface area contributed by atoms with Gasteiger partial charge in [-0.25, -0.2) is 5.84 Å². The molecule has 0 saturated heterocycles. The van der Waals surface area contributed by atoms with Crippen LogP contribution in [0.3, 0.4) is 0 Å². The molecule has 10 nitrogen and oxygen atoms in total. The Morgan fingerprint density at radius 2 is 1.66 bits per heavy atom. The van der Waals surface area contributed by atoms with Crippen molar-refractivity contribution in [3.05, 3.63) is 59.8 Å². The van der Waals surface area contributed by atoms with Crippen LogP contribution in [0.5, 0.6) is 5.75 Å². The molecule has 0 aromatic heterocycles. The van der Waals surface area contributed by atoms with E-state index in [4.69, 9.17) is 16.3 Å². The standard InChI is InChI=1S/C22H30N4O2S.C9H21N3O.C2H6/c1-8-26(23)19-11-15(10-9-14(19)2)21(27)24-17-12-16(22(3,4)5)13-18(25-29-7)20(17)28-6;1-9(2,7-12(3)4)6-11-8(13)5-10;1-2/h8-13,25H,1,23H2,2-7H3,(H,24,27);5-7,10H2,1-4H3,(H,11,13);1-2H3. The lowest BCUT2D eigenvalue weighted by molar-refractivity contribution is -0.120. The lowest BCUT2D eigenvalue weighted by Gasteiger charge is -2.28. The second kappa shape index (κ2) is 19.2. The fraction of sp³-hybridized carbons (Fsp3) is 0.515. The maximum Gasteiger partial charge on any atom is 0.255 e. The molecule has 7 N–H and O–H groups in total. The number of benzene rings is 2. The molecule has 0 radical (unpaired) electrons. The molecule has 248 valence electrons. The molecule has 0 aliphatic carbocycles. The first-order valence-electron chi connectivity index (χ1n) is 14.7. The summed E-state index contributed by atoms with van der Waals surface area (Å²) >= 11 is 1.47. The number of anilines is 3. The first-order valence-corrected chi connectivity index (χ1v) is 15.9. The van der Waals surface area contributed by atoms with Gasteiger partial charge >= 0.3 is 0 Å². The highest BCUT2D eigenvalue weighted by molar-refractivity contribution is 7.99. The Morgan fingerprint density at radius 1 is 1.07 bits per heavy atom. The number of methoxy groups -OCH3 is 1. The summed E-state index contributed by atoms with van der Waals surface area (Å²) in [5.41, 5.74) is 9.83. The van der Waals surface area contributed by atoms with E-state index >= 15 is 0 Å². The van der Waals surface area contributed by atoms with Gasteiger partial charge in [-0.3, -0.25) is 14.6 Å². The fourth-order valence-corrected chi connectivity index (χ4v) is 4.58. The van der Waals surface area contributed by atoms with E-state index < -0.39 is 0 Å². The van der Waals surface area contributed by atoms with E-state index in [0.29, 0.717) is 29.2 Å². The summed E-state index contributed by atoms with van der Waals surface area (Å²) in [6.07, 6.45) is 3.44. The van der Waals surface area contributed by atoms with E-state index in [9.17, 15) is 9.59 Å². The largest absolute Gasteiger partial charge is 0.492 e. The maximum absolute atomic E-state index is 13.0. The van der Waals surface area contributed by atoms with Crippen molar-refractivity contribution in [3.63, 3.8) is 0 Å². The Kier molecular flexibility index (Phi) is 17.8. The zero-order valence-electron chi connectivity index (χ0n) is 29.0. The predicted molar refractivity (Wildman–Crippen MR) is 191 cm³/mol. The molecule has 0 heterocycles. The van der Waals surface area contributed by atoms with Crippen molar-refractivity contribution >= 4 is 40.8 Å². The van der Waals surface area contributed by atoms with E-state index in [0.717, 1.165) is 23.4 Å². The summed E-state index contributed by atoms with van der Waals surface area (Å²) in [6.45, 7) is 21.9. The van der Waals surface area contributed by atoms with Gasteiger partial charge in [0.05, 0.1) is 30.7 Å². The van der Waals surface area contributed by atoms with Gasteiger partial charge < -0.3 is 30.7 Å². The number of rotatable bonds is 12. The Bertz CT molecular complexity index is 1210. The molecule has 0 unspecified atom stereocenters. The van der Waals surface area contributed by atoms with Crippen LogP contribution in [-0.2, 0) is 10.2 Å². The van der Waals surface area contributed by atoms with Crippen molar-refractivity contribution in [2.24, 2.45) is 17.0 Å². The molecule has 0 bridgehead atoms. The number of hydrogen-bond donors (Lipinski definition) is 5. The van der Waals surface area contributed by atoms with Crippen LogP contribution in [-0.4, -0.2) is 63.8 Å². The Morgan fingerprint density at radius 3 is 2.14 bits per heavy atom. The quantitative estimate of drug-likeness (QED) is 0.113. The molecule has 2 aromatic carbocycles. The van der Waals surface area contributed by atoms with Crippen LogP contribution in [0.15, 0.2) is 43.1 Å². The summed E-state index contributed by atoms with van der Waals surface area (Å²) in [5.74, 6) is 6.18. The van der Waals surface area contributed by atoms with Crippen LogP contribution in [0.4, 0.5) is 17.1 Å². The zero-order valence-corrected chi connectivity index (χ0v) is 29.8. The van der Waals surface area contributed by atoms with Gasteiger partial charge in [-0.15, -0.1) is 0 Å². The maximum atomic E-state index is 13.0. The molecule has 0 saturated carbocycles. The van der Waals surface area contributed by atoms with Crippen molar-refractivity contribution in [2.75, 3.05) is 62.1 Å². The number of nitrogens with two attached hydrogens (primary N) is 2. The number of ether oxygens (including phenoxy) is 1. The number of hydrogen-bond acceptors (Lipinski definition) is 9. The lowest BCUT2D eigenvalue weighted by atomic mass is 9.86. The van der Waals surface area contributed by atoms with Gasteiger partial charge in [0.15, 0.2) is 5.75 Å². The summed E-state index contributed by atoms with van der Waals surface area (Å²) in [4.78, 5) is 26.0. The van der Waals surface area contributed by atoms with Crippen molar-refractivity contribution in [1.29, 1.82) is 0 Å². The van der Waals surface area contributed by atoms with Crippen molar-refractivity contribution in [3.8, 4) is 5.75 Å². The van der Waals surface area contributed by atoms with Crippen molar-refractivity contribution in [1.82, 2.24) is 10.2 Å². The van der Waals surface area contributed by atoms with Crippen LogP contribution in [0.25, 0.3) is 0 Å². The van der Waals surface area contributed by atoms with Gasteiger partial charge in [-0.2, -0.15) is 0 Å². The first kappa shape index (κ1) is 40.8. The number of carbonyl (C=O) groups excluding carboxylic acids is 2. The molecule has 0 spiro atoms. The van der Waals surface area contributed by atoms with E-state index in [1.54, 1.807) is 19.2 Å². The molecule has 0 atom stereocenters. The van der Waals surface area contributed by atoms with Crippen LogP contribution < -0.4 is 36.7 Å². The number of nitrogens with one attached hydrogen (secondary N) is 3. The van der Waals surface area contributed by atoms with Gasteiger partial charge in [0.25, 0.3) is 5.91 Å². The van der Waals surface area contributed by atoms with E-state index in [-0.39, 0.29) is 29.2 Å². The Labute approximate surface area is 270 Å². The third kappa shape index (κ3) is 13.6. The number of aryl methyl sites for hydroxylation is 1. The number of hydrazine groups is 1. The molecule has 0 fully saturated rings. The topological polar surface area (TPSA) is 138 Å². The van der Waals surface area contributed by atoms with Gasteiger partial charge in [-0.05, 0) is 67.2 Å². The van der Waals surface area contributed by atoms with Gasteiger partial charge in [0.1, 0.15) is 0 Å².